The molecule has 0 aliphatic carbocycles. The van der Waals surface area contributed by atoms with Crippen LogP contribution in [0.2, 0.25) is 0 Å². The van der Waals surface area contributed by atoms with Gasteiger partial charge in [-0.3, -0.25) is 13.7 Å². The van der Waals surface area contributed by atoms with E-state index in [0.29, 0.717) is 18.4 Å². The molecule has 6 unspecified atom stereocenters. The molecule has 2 aromatic rings. The molecule has 14 heteroatoms. The summed E-state index contributed by atoms with van der Waals surface area (Å²) >= 11 is 0. The van der Waals surface area contributed by atoms with Crippen LogP contribution in [0.3, 0.4) is 0 Å². The van der Waals surface area contributed by atoms with E-state index in [1.165, 1.54) is 18.0 Å². The number of nitrogen functional groups attached to an aromatic ring is 1. The molecule has 3 rings (SSSR count). The average molecular weight is 532 g/mol. The van der Waals surface area contributed by atoms with E-state index < -0.39 is 49.0 Å². The van der Waals surface area contributed by atoms with E-state index in [-0.39, 0.29) is 30.3 Å². The van der Waals surface area contributed by atoms with Gasteiger partial charge in [0.1, 0.15) is 12.2 Å². The maximum Gasteiger partial charge on any atom is 0.360 e. The second-order valence-electron chi connectivity index (χ2n) is 9.55. The van der Waals surface area contributed by atoms with Crippen molar-refractivity contribution in [2.75, 3.05) is 12.8 Å². The van der Waals surface area contributed by atoms with Crippen LogP contribution in [0.5, 0.6) is 5.88 Å². The zero-order chi connectivity index (χ0) is 27.1. The highest BCUT2D eigenvalue weighted by molar-refractivity contribution is 7.54. The van der Waals surface area contributed by atoms with Gasteiger partial charge >= 0.3 is 7.60 Å². The molecular weight excluding hydrogens is 493 g/mol. The number of methoxy groups -OCH3 is 1. The SMILES string of the molecule is CCC(CC)(CC1OC(n2cnc3c(OC)nc(N)nc32)C(O)C1O)OP(=O)(O)C(O)(CC)C(C)C. The fourth-order valence-electron chi connectivity index (χ4n) is 4.71. The van der Waals surface area contributed by atoms with Gasteiger partial charge in [0.25, 0.3) is 0 Å². The van der Waals surface area contributed by atoms with E-state index in [1.807, 2.05) is 0 Å². The molecule has 2 aromatic heterocycles. The predicted molar refractivity (Wildman–Crippen MR) is 131 cm³/mol. The van der Waals surface area contributed by atoms with Crippen molar-refractivity contribution < 1.29 is 38.8 Å². The van der Waals surface area contributed by atoms with E-state index in [9.17, 15) is 24.8 Å². The highest BCUT2D eigenvalue weighted by Gasteiger charge is 2.54. The zero-order valence-electron chi connectivity index (χ0n) is 21.5. The van der Waals surface area contributed by atoms with Gasteiger partial charge < -0.3 is 35.4 Å². The number of imidazole rings is 1. The standard InChI is InChI=1S/C22H38N5O8P/c1-7-21(8-2,35-36(31,32)22(30,9-3)12(4)5)10-13-15(28)16(29)19(34-13)27-11-24-14-17(27)25-20(23)26-18(14)33-6/h11-13,15-16,19,28-30H,7-10H2,1-6H3,(H,31,32)(H2,23,25,26). The summed E-state index contributed by atoms with van der Waals surface area (Å²) in [5.41, 5.74) is 5.11. The molecule has 6 N–H and O–H groups in total. The lowest BCUT2D eigenvalue weighted by Crippen LogP contribution is -2.43. The van der Waals surface area contributed by atoms with Crippen molar-refractivity contribution >= 4 is 24.7 Å². The number of aromatic nitrogens is 4. The van der Waals surface area contributed by atoms with Gasteiger partial charge in [-0.05, 0) is 25.2 Å². The number of nitrogens with two attached hydrogens (primary N) is 1. The number of nitrogens with zero attached hydrogens (tertiary/aromatic N) is 4. The number of hydrogen-bond acceptors (Lipinski definition) is 11. The van der Waals surface area contributed by atoms with Crippen LogP contribution in [0.4, 0.5) is 5.95 Å². The molecule has 36 heavy (non-hydrogen) atoms. The van der Waals surface area contributed by atoms with Crippen LogP contribution in [0.25, 0.3) is 11.2 Å². The van der Waals surface area contributed by atoms with Crippen LogP contribution in [-0.4, -0.2) is 76.1 Å². The molecule has 1 aliphatic rings. The lowest BCUT2D eigenvalue weighted by Gasteiger charge is -2.42. The first-order valence-electron chi connectivity index (χ1n) is 12.1. The number of anilines is 1. The van der Waals surface area contributed by atoms with Crippen LogP contribution in [0, 0.1) is 5.92 Å². The Labute approximate surface area is 210 Å². The van der Waals surface area contributed by atoms with Crippen molar-refractivity contribution in [1.29, 1.82) is 0 Å². The fraction of sp³-hybridized carbons (Fsp3) is 0.773. The number of ether oxygens (including phenoxy) is 2. The van der Waals surface area contributed by atoms with Gasteiger partial charge in [-0.2, -0.15) is 9.97 Å². The van der Waals surface area contributed by atoms with Gasteiger partial charge in [0.15, 0.2) is 22.7 Å². The third kappa shape index (κ3) is 4.85. The molecule has 0 spiro atoms. The van der Waals surface area contributed by atoms with Crippen LogP contribution in [0.1, 0.15) is 66.5 Å². The van der Waals surface area contributed by atoms with E-state index >= 15 is 0 Å². The van der Waals surface area contributed by atoms with Crippen LogP contribution < -0.4 is 10.5 Å². The summed E-state index contributed by atoms with van der Waals surface area (Å²) in [6.45, 7) is 8.50. The van der Waals surface area contributed by atoms with Crippen LogP contribution in [0.15, 0.2) is 6.33 Å². The van der Waals surface area contributed by atoms with Crippen molar-refractivity contribution in [3.05, 3.63) is 6.33 Å². The normalized spacial score (nSPS) is 26.3. The number of rotatable bonds is 11. The van der Waals surface area contributed by atoms with Gasteiger partial charge in [0.05, 0.1) is 25.1 Å². The summed E-state index contributed by atoms with van der Waals surface area (Å²) in [4.78, 5) is 23.3. The third-order valence-electron chi connectivity index (χ3n) is 7.33. The Hall–Kier alpha value is -1.86. The highest BCUT2D eigenvalue weighted by atomic mass is 31.2. The summed E-state index contributed by atoms with van der Waals surface area (Å²) in [5.74, 6) is -0.454. The molecule has 1 fully saturated rings. The number of fused-ring (bicyclic) bond motifs is 1. The molecule has 1 aliphatic heterocycles. The molecular formula is C22H38N5O8P. The largest absolute Gasteiger partial charge is 0.479 e. The first-order valence-corrected chi connectivity index (χ1v) is 13.7. The molecule has 0 radical (unpaired) electrons. The van der Waals surface area contributed by atoms with Crippen molar-refractivity contribution in [3.8, 4) is 5.88 Å². The number of hydrogen-bond donors (Lipinski definition) is 5. The van der Waals surface area contributed by atoms with Gasteiger partial charge in [0.2, 0.25) is 11.8 Å². The van der Waals surface area contributed by atoms with E-state index in [1.54, 1.807) is 34.6 Å². The molecule has 13 nitrogen and oxygen atoms in total. The topological polar surface area (TPSA) is 195 Å². The first-order chi connectivity index (χ1) is 16.8. The Morgan fingerprint density at radius 2 is 1.83 bits per heavy atom. The second kappa shape index (κ2) is 10.5. The molecule has 0 bridgehead atoms. The lowest BCUT2D eigenvalue weighted by atomic mass is 9.88. The predicted octanol–water partition coefficient (Wildman–Crippen LogP) is 1.94. The van der Waals surface area contributed by atoms with Crippen molar-refractivity contribution in [2.24, 2.45) is 5.92 Å². The van der Waals surface area contributed by atoms with Crippen molar-refractivity contribution in [1.82, 2.24) is 19.5 Å². The summed E-state index contributed by atoms with van der Waals surface area (Å²) < 4.78 is 31.9. The summed E-state index contributed by atoms with van der Waals surface area (Å²) in [6, 6.07) is 0. The molecule has 0 aromatic carbocycles. The Kier molecular flexibility index (Phi) is 8.36. The van der Waals surface area contributed by atoms with Gasteiger partial charge in [-0.1, -0.05) is 34.6 Å². The zero-order valence-corrected chi connectivity index (χ0v) is 22.4. The Morgan fingerprint density at radius 1 is 1.19 bits per heavy atom. The average Bonchev–Trinajstić information content (AvgIpc) is 3.37. The maximum atomic E-state index is 13.3. The summed E-state index contributed by atoms with van der Waals surface area (Å²) in [5, 5.41) is 30.8. The Balaban J connectivity index is 1.91. The molecule has 1 saturated heterocycles. The number of aliphatic hydroxyl groups excluding tert-OH is 2. The smallest absolute Gasteiger partial charge is 0.360 e. The minimum Gasteiger partial charge on any atom is -0.479 e. The first kappa shape index (κ1) is 28.7. The quantitative estimate of drug-likeness (QED) is 0.265. The molecule has 0 amide bonds. The van der Waals surface area contributed by atoms with Crippen LogP contribution >= 0.6 is 7.60 Å². The van der Waals surface area contributed by atoms with E-state index in [0.717, 1.165) is 0 Å². The van der Waals surface area contributed by atoms with Gasteiger partial charge in [-0.25, -0.2) is 4.98 Å². The highest BCUT2D eigenvalue weighted by Crippen LogP contribution is 2.62. The third-order valence-corrected chi connectivity index (χ3v) is 9.77. The van der Waals surface area contributed by atoms with E-state index in [4.69, 9.17) is 19.7 Å². The maximum absolute atomic E-state index is 13.3. The number of aliphatic hydroxyl groups is 3. The minimum absolute atomic E-state index is 0.00968. The molecule has 204 valence electrons. The minimum atomic E-state index is -4.53. The molecule has 6 atom stereocenters. The monoisotopic (exact) mass is 531 g/mol. The summed E-state index contributed by atoms with van der Waals surface area (Å²) in [7, 11) is -3.12. The fourth-order valence-corrected chi connectivity index (χ4v) is 6.78. The van der Waals surface area contributed by atoms with Crippen LogP contribution in [-0.2, 0) is 13.8 Å². The van der Waals surface area contributed by atoms with Crippen molar-refractivity contribution in [2.45, 2.75) is 95.8 Å². The lowest BCUT2D eigenvalue weighted by molar-refractivity contribution is -0.0780. The van der Waals surface area contributed by atoms with Gasteiger partial charge in [0, 0.05) is 6.42 Å². The molecule has 0 saturated carbocycles. The summed E-state index contributed by atoms with van der Waals surface area (Å²) in [6.07, 6.45) is -2.77. The molecule has 3 heterocycles. The van der Waals surface area contributed by atoms with E-state index in [2.05, 4.69) is 15.0 Å². The van der Waals surface area contributed by atoms with Gasteiger partial charge in [-0.15, -0.1) is 0 Å². The second-order valence-corrected chi connectivity index (χ2v) is 11.6. The Bertz CT molecular complexity index is 1110. The Morgan fingerprint density at radius 3 is 2.36 bits per heavy atom. The van der Waals surface area contributed by atoms with Crippen molar-refractivity contribution in [3.63, 3.8) is 0 Å².